The molecule has 0 spiro atoms. The molecule has 1 aliphatic carbocycles. The van der Waals surface area contributed by atoms with Crippen LogP contribution < -0.4 is 10.2 Å². The molecule has 1 saturated heterocycles. The number of nitrogens with one attached hydrogen (secondary N) is 1. The number of hydrogen-bond donors (Lipinski definition) is 1. The van der Waals surface area contributed by atoms with Crippen LogP contribution in [0.3, 0.4) is 0 Å². The van der Waals surface area contributed by atoms with Crippen LogP contribution in [0.4, 0.5) is 5.82 Å². The van der Waals surface area contributed by atoms with Crippen LogP contribution in [-0.4, -0.2) is 29.0 Å². The van der Waals surface area contributed by atoms with Crippen molar-refractivity contribution in [3.63, 3.8) is 0 Å². The zero-order chi connectivity index (χ0) is 26.5. The molecular weight excluding hydrogens is 606 g/mol. The third-order valence-corrected chi connectivity index (χ3v) is 8.56. The van der Waals surface area contributed by atoms with Crippen molar-refractivity contribution in [2.75, 3.05) is 18.0 Å². The highest BCUT2D eigenvalue weighted by Crippen LogP contribution is 2.40. The van der Waals surface area contributed by atoms with E-state index in [4.69, 9.17) is 4.98 Å². The van der Waals surface area contributed by atoms with Gasteiger partial charge in [-0.05, 0) is 99.4 Å². The maximum absolute atomic E-state index is 13.3. The van der Waals surface area contributed by atoms with E-state index in [1.54, 1.807) is 6.20 Å². The number of hydrogen-bond acceptors (Lipinski definition) is 5. The van der Waals surface area contributed by atoms with Gasteiger partial charge < -0.3 is 10.2 Å². The number of amides is 1. The summed E-state index contributed by atoms with van der Waals surface area (Å²) in [5.74, 6) is 0.664. The minimum absolute atomic E-state index is 0.0308. The van der Waals surface area contributed by atoms with Gasteiger partial charge in [-0.15, -0.1) is 0 Å². The van der Waals surface area contributed by atoms with Gasteiger partial charge in [0.15, 0.2) is 0 Å². The predicted molar refractivity (Wildman–Crippen MR) is 157 cm³/mol. The number of carbonyl (C=O) groups is 1. The fourth-order valence-electron chi connectivity index (χ4n) is 5.41. The number of piperidine rings is 1. The quantitative estimate of drug-likeness (QED) is 0.230. The van der Waals surface area contributed by atoms with Gasteiger partial charge in [-0.25, -0.2) is 4.98 Å². The third-order valence-electron chi connectivity index (χ3n) is 7.49. The molecule has 194 valence electrons. The van der Waals surface area contributed by atoms with Gasteiger partial charge >= 0.3 is 0 Å². The Morgan fingerprint density at radius 1 is 0.947 bits per heavy atom. The van der Waals surface area contributed by atoms with Crippen LogP contribution in [0.2, 0.25) is 0 Å². The molecule has 1 aliphatic heterocycles. The van der Waals surface area contributed by atoms with Crippen molar-refractivity contribution in [3.8, 4) is 17.2 Å². The third kappa shape index (κ3) is 5.84. The molecule has 5 rings (SSSR count). The Morgan fingerprint density at radius 2 is 1.66 bits per heavy atom. The van der Waals surface area contributed by atoms with Crippen molar-refractivity contribution in [3.05, 3.63) is 80.6 Å². The summed E-state index contributed by atoms with van der Waals surface area (Å²) in [6.07, 6.45) is 12.6. The van der Waals surface area contributed by atoms with Gasteiger partial charge in [-0.1, -0.05) is 37.1 Å². The van der Waals surface area contributed by atoms with Gasteiger partial charge in [-0.2, -0.15) is 5.26 Å². The number of carbonyl (C=O) groups excluding carboxylic acids is 1. The molecule has 2 aliphatic rings. The molecule has 1 aromatic carbocycles. The Hall–Kier alpha value is -3.02. The highest BCUT2D eigenvalue weighted by molar-refractivity contribution is 9.11. The van der Waals surface area contributed by atoms with E-state index in [0.29, 0.717) is 10.2 Å². The number of halogens is 2. The highest BCUT2D eigenvalue weighted by Gasteiger charge is 2.37. The van der Waals surface area contributed by atoms with Crippen LogP contribution in [0.25, 0.3) is 17.2 Å². The number of nitrogens with zero attached hydrogens (tertiary/aromatic N) is 4. The Kier molecular flexibility index (Phi) is 8.25. The molecule has 38 heavy (non-hydrogen) atoms. The smallest absolute Gasteiger partial charge is 0.262 e. The van der Waals surface area contributed by atoms with Crippen LogP contribution in [0.5, 0.6) is 0 Å². The summed E-state index contributed by atoms with van der Waals surface area (Å²) in [7, 11) is 0. The Morgan fingerprint density at radius 3 is 2.29 bits per heavy atom. The highest BCUT2D eigenvalue weighted by atomic mass is 79.9. The van der Waals surface area contributed by atoms with Gasteiger partial charge in [0.25, 0.3) is 5.91 Å². The van der Waals surface area contributed by atoms with Gasteiger partial charge in [0.1, 0.15) is 17.5 Å². The van der Waals surface area contributed by atoms with Crippen molar-refractivity contribution in [2.24, 2.45) is 0 Å². The summed E-state index contributed by atoms with van der Waals surface area (Å²) >= 11 is 6.83. The number of anilines is 1. The maximum Gasteiger partial charge on any atom is 0.262 e. The standard InChI is InChI=1S/C30H29Br2N5O/c31-25-17-26(32)27(34-20-25)16-23(18-33)29(38)36-30(12-2-3-13-30)24-9-6-21(7-10-24)22-8-11-28(35-19-22)37-14-4-1-5-15-37/h6-11,16-17,19-20H,1-5,12-15H2,(H,36,38)/b23-16+. The number of pyridine rings is 2. The van der Waals surface area contributed by atoms with Crippen molar-refractivity contribution >= 4 is 49.7 Å². The second-order valence-corrected chi connectivity index (χ2v) is 11.7. The van der Waals surface area contributed by atoms with Gasteiger partial charge in [0.05, 0.1) is 11.2 Å². The fraction of sp³-hybridized carbons (Fsp3) is 0.333. The van der Waals surface area contributed by atoms with E-state index >= 15 is 0 Å². The number of aromatic nitrogens is 2. The summed E-state index contributed by atoms with van der Waals surface area (Å²) in [5, 5.41) is 13.0. The summed E-state index contributed by atoms with van der Waals surface area (Å²) in [6, 6.07) is 16.5. The van der Waals surface area contributed by atoms with Crippen LogP contribution >= 0.6 is 31.9 Å². The molecule has 2 aromatic heterocycles. The summed E-state index contributed by atoms with van der Waals surface area (Å²) < 4.78 is 1.52. The van der Waals surface area contributed by atoms with E-state index in [9.17, 15) is 10.1 Å². The lowest BCUT2D eigenvalue weighted by molar-refractivity contribution is -0.119. The van der Waals surface area contributed by atoms with E-state index in [1.807, 2.05) is 12.3 Å². The van der Waals surface area contributed by atoms with Crippen molar-refractivity contribution < 1.29 is 4.79 Å². The SMILES string of the molecule is N#C/C(=C\c1ncc(Br)cc1Br)C(=O)NC1(c2ccc(-c3ccc(N4CCCCC4)nc3)cc2)CCCC1. The van der Waals surface area contributed by atoms with Gasteiger partial charge in [-0.3, -0.25) is 9.78 Å². The first-order valence-corrected chi connectivity index (χ1v) is 14.6. The Balaban J connectivity index is 1.34. The lowest BCUT2D eigenvalue weighted by Gasteiger charge is -2.31. The number of rotatable bonds is 6. The van der Waals surface area contributed by atoms with Gasteiger partial charge in [0, 0.05) is 40.0 Å². The summed E-state index contributed by atoms with van der Waals surface area (Å²) in [4.78, 5) is 24.7. The molecular formula is C30H29Br2N5O. The summed E-state index contributed by atoms with van der Waals surface area (Å²) in [6.45, 7) is 2.16. The number of nitriles is 1. The molecule has 0 radical (unpaired) electrons. The molecule has 3 aromatic rings. The monoisotopic (exact) mass is 633 g/mol. The van der Waals surface area contributed by atoms with Gasteiger partial charge in [0.2, 0.25) is 0 Å². The predicted octanol–water partition coefficient (Wildman–Crippen LogP) is 7.15. The molecule has 0 atom stereocenters. The van der Waals surface area contributed by atoms with Crippen LogP contribution in [0.15, 0.2) is 69.4 Å². The molecule has 1 amide bonds. The normalized spacial score (nSPS) is 17.2. The lowest BCUT2D eigenvalue weighted by atomic mass is 9.86. The van der Waals surface area contributed by atoms with Crippen molar-refractivity contribution in [1.29, 1.82) is 5.26 Å². The molecule has 0 bridgehead atoms. The molecule has 1 saturated carbocycles. The zero-order valence-electron chi connectivity index (χ0n) is 21.1. The first-order chi connectivity index (χ1) is 18.5. The fourth-order valence-corrected chi connectivity index (χ4v) is 6.52. The Labute approximate surface area is 240 Å². The molecule has 2 fully saturated rings. The minimum Gasteiger partial charge on any atom is -0.357 e. The second kappa shape index (κ2) is 11.8. The number of benzene rings is 1. The molecule has 6 nitrogen and oxygen atoms in total. The molecule has 1 N–H and O–H groups in total. The summed E-state index contributed by atoms with van der Waals surface area (Å²) in [5.41, 5.74) is 3.30. The topological polar surface area (TPSA) is 81.9 Å². The average molecular weight is 635 g/mol. The first-order valence-electron chi connectivity index (χ1n) is 13.0. The van der Waals surface area contributed by atoms with Crippen LogP contribution in [0.1, 0.15) is 56.2 Å². The van der Waals surface area contributed by atoms with E-state index in [2.05, 4.69) is 89.5 Å². The van der Waals surface area contributed by atoms with E-state index in [0.717, 1.165) is 65.8 Å². The minimum atomic E-state index is -0.494. The molecule has 8 heteroatoms. The van der Waals surface area contributed by atoms with Crippen molar-refractivity contribution in [1.82, 2.24) is 15.3 Å². The molecule has 3 heterocycles. The lowest BCUT2D eigenvalue weighted by Crippen LogP contribution is -2.44. The zero-order valence-corrected chi connectivity index (χ0v) is 24.3. The van der Waals surface area contributed by atoms with Crippen LogP contribution in [-0.2, 0) is 10.3 Å². The molecule has 0 unspecified atom stereocenters. The van der Waals surface area contributed by atoms with E-state index in [-0.39, 0.29) is 11.5 Å². The first kappa shape index (κ1) is 26.6. The average Bonchev–Trinajstić information content (AvgIpc) is 3.43. The maximum atomic E-state index is 13.3. The largest absolute Gasteiger partial charge is 0.357 e. The van der Waals surface area contributed by atoms with E-state index in [1.165, 1.54) is 25.3 Å². The van der Waals surface area contributed by atoms with E-state index < -0.39 is 5.54 Å². The second-order valence-electron chi connectivity index (χ2n) is 9.96. The van der Waals surface area contributed by atoms with Crippen LogP contribution in [0, 0.1) is 11.3 Å². The Bertz CT molecular complexity index is 1370. The van der Waals surface area contributed by atoms with Crippen molar-refractivity contribution in [2.45, 2.75) is 50.5 Å².